The number of carbonyl (C=O) groups is 1. The van der Waals surface area contributed by atoms with Crippen LogP contribution in [-0.2, 0) is 4.79 Å². The van der Waals surface area contributed by atoms with E-state index in [0.717, 1.165) is 5.69 Å². The maximum absolute atomic E-state index is 13.5. The second-order valence-corrected chi connectivity index (χ2v) is 5.92. The van der Waals surface area contributed by atoms with Gasteiger partial charge in [-0.25, -0.2) is 9.37 Å². The lowest BCUT2D eigenvalue weighted by Gasteiger charge is -2.09. The molecule has 1 aromatic heterocycles. The number of ether oxygens (including phenoxy) is 1. The lowest BCUT2D eigenvalue weighted by atomic mass is 10.1. The van der Waals surface area contributed by atoms with Crippen LogP contribution in [0.15, 0.2) is 66.8 Å². The smallest absolute Gasteiger partial charge is 0.251 e. The highest BCUT2D eigenvalue weighted by Gasteiger charge is 2.16. The van der Waals surface area contributed by atoms with E-state index in [9.17, 15) is 9.18 Å². The highest BCUT2D eigenvalue weighted by atomic mass is 19.1. The molecule has 1 N–H and O–H groups in total. The Hall–Kier alpha value is -3.41. The fourth-order valence-electron chi connectivity index (χ4n) is 2.84. The summed E-state index contributed by atoms with van der Waals surface area (Å²) in [5.74, 6) is -0.0110. The Morgan fingerprint density at radius 1 is 1.23 bits per heavy atom. The summed E-state index contributed by atoms with van der Waals surface area (Å²) in [6.45, 7) is 0.368. The van der Waals surface area contributed by atoms with Gasteiger partial charge in [0, 0.05) is 41.3 Å². The molecule has 1 aliphatic rings. The minimum atomic E-state index is -0.363. The number of amides is 1. The highest BCUT2D eigenvalue weighted by Crippen LogP contribution is 2.27. The average Bonchev–Trinajstić information content (AvgIpc) is 3.09. The largest absolute Gasteiger partial charge is 0.493 e. The first-order chi connectivity index (χ1) is 12.7. The molecule has 1 aliphatic heterocycles. The van der Waals surface area contributed by atoms with Crippen molar-refractivity contribution in [3.8, 4) is 11.4 Å². The number of hydrogen-bond donors (Lipinski definition) is 1. The van der Waals surface area contributed by atoms with Crippen LogP contribution in [0.4, 0.5) is 10.1 Å². The maximum Gasteiger partial charge on any atom is 0.251 e. The van der Waals surface area contributed by atoms with E-state index in [1.165, 1.54) is 12.1 Å². The molecule has 0 unspecified atom stereocenters. The lowest BCUT2D eigenvalue weighted by Crippen LogP contribution is -2.15. The van der Waals surface area contributed by atoms with Crippen LogP contribution in [0.5, 0.6) is 5.75 Å². The summed E-state index contributed by atoms with van der Waals surface area (Å²) in [5.41, 5.74) is 2.68. The van der Waals surface area contributed by atoms with Crippen LogP contribution in [0.2, 0.25) is 0 Å². The zero-order chi connectivity index (χ0) is 17.9. The minimum Gasteiger partial charge on any atom is -0.493 e. The quantitative estimate of drug-likeness (QED) is 0.782. The summed E-state index contributed by atoms with van der Waals surface area (Å²) in [7, 11) is 0. The topological polar surface area (TPSA) is 56.2 Å². The van der Waals surface area contributed by atoms with E-state index < -0.39 is 0 Å². The number of imidazole rings is 1. The molecule has 2 heterocycles. The number of halogens is 1. The minimum absolute atomic E-state index is 0.228. The number of aromatic nitrogens is 2. The molecule has 2 aromatic carbocycles. The van der Waals surface area contributed by atoms with Gasteiger partial charge < -0.3 is 14.6 Å². The lowest BCUT2D eigenvalue weighted by molar-refractivity contribution is -0.113. The van der Waals surface area contributed by atoms with Crippen molar-refractivity contribution in [2.45, 2.75) is 6.42 Å². The van der Waals surface area contributed by atoms with Gasteiger partial charge in [-0.05, 0) is 42.5 Å². The van der Waals surface area contributed by atoms with Crippen LogP contribution in [0.1, 0.15) is 12.0 Å². The van der Waals surface area contributed by atoms with Crippen molar-refractivity contribution in [2.24, 2.45) is 0 Å². The highest BCUT2D eigenvalue weighted by molar-refractivity contribution is 6.07. The molecule has 0 fully saturated rings. The summed E-state index contributed by atoms with van der Waals surface area (Å²) < 4.78 is 20.9. The number of nitrogens with one attached hydrogen (secondary N) is 1. The van der Waals surface area contributed by atoms with Gasteiger partial charge in [0.1, 0.15) is 11.6 Å². The molecule has 0 radical (unpaired) electrons. The van der Waals surface area contributed by atoms with Gasteiger partial charge in [0.15, 0.2) is 0 Å². The summed E-state index contributed by atoms with van der Waals surface area (Å²) in [6, 6.07) is 11.8. The second-order valence-electron chi connectivity index (χ2n) is 5.92. The van der Waals surface area contributed by atoms with Gasteiger partial charge >= 0.3 is 0 Å². The first kappa shape index (κ1) is 16.1. The molecule has 4 rings (SSSR count). The summed E-state index contributed by atoms with van der Waals surface area (Å²) >= 11 is 0. The average molecular weight is 349 g/mol. The van der Waals surface area contributed by atoms with Gasteiger partial charge in [-0.2, -0.15) is 0 Å². The van der Waals surface area contributed by atoms with Crippen LogP contribution < -0.4 is 10.1 Å². The molecular formula is C20H16FN3O2. The Kier molecular flexibility index (Phi) is 4.23. The fraction of sp³-hybridized carbons (Fsp3) is 0.100. The van der Waals surface area contributed by atoms with Crippen molar-refractivity contribution in [1.82, 2.24) is 9.55 Å². The van der Waals surface area contributed by atoms with Crippen molar-refractivity contribution < 1.29 is 13.9 Å². The van der Waals surface area contributed by atoms with Crippen molar-refractivity contribution in [3.63, 3.8) is 0 Å². The van der Waals surface area contributed by atoms with Crippen molar-refractivity contribution in [3.05, 3.63) is 78.1 Å². The van der Waals surface area contributed by atoms with Gasteiger partial charge in [-0.3, -0.25) is 4.79 Å². The summed E-state index contributed by atoms with van der Waals surface area (Å²) in [4.78, 5) is 16.7. The molecule has 130 valence electrons. The molecule has 0 saturated carbocycles. The molecule has 5 nitrogen and oxygen atoms in total. The molecular weight excluding hydrogens is 333 g/mol. The Labute approximate surface area is 149 Å². The van der Waals surface area contributed by atoms with Crippen molar-refractivity contribution >= 4 is 17.7 Å². The molecule has 6 heteroatoms. The predicted molar refractivity (Wildman–Crippen MR) is 96.7 cm³/mol. The number of rotatable bonds is 3. The fourth-order valence-corrected chi connectivity index (χ4v) is 2.84. The normalized spacial score (nSPS) is 13.2. The zero-order valence-electron chi connectivity index (χ0n) is 13.9. The Bertz CT molecular complexity index is 980. The number of nitrogens with zero attached hydrogens (tertiary/aromatic N) is 2. The molecule has 0 aliphatic carbocycles. The number of anilines is 1. The van der Waals surface area contributed by atoms with E-state index in [1.807, 2.05) is 35.0 Å². The van der Waals surface area contributed by atoms with E-state index in [4.69, 9.17) is 4.74 Å². The predicted octanol–water partition coefficient (Wildman–Crippen LogP) is 3.82. The molecule has 0 spiro atoms. The number of fused-ring (bicyclic) bond motifs is 1. The van der Waals surface area contributed by atoms with Crippen molar-refractivity contribution in [2.75, 3.05) is 11.9 Å². The number of hydrogen-bond acceptors (Lipinski definition) is 3. The van der Waals surface area contributed by atoms with Crippen LogP contribution in [-0.4, -0.2) is 22.1 Å². The maximum atomic E-state index is 13.5. The van der Waals surface area contributed by atoms with Gasteiger partial charge in [0.25, 0.3) is 5.91 Å². The van der Waals surface area contributed by atoms with Gasteiger partial charge in [0.05, 0.1) is 12.9 Å². The third-order valence-electron chi connectivity index (χ3n) is 4.13. The van der Waals surface area contributed by atoms with E-state index >= 15 is 0 Å². The van der Waals surface area contributed by atoms with E-state index in [0.29, 0.717) is 35.6 Å². The Morgan fingerprint density at radius 3 is 3.00 bits per heavy atom. The summed E-state index contributed by atoms with van der Waals surface area (Å²) in [6.07, 6.45) is 7.34. The SMILES string of the molecule is O=C(Nc1cccc(-n2ccnc2)c1)C1=Cc2cc(F)ccc2OCC1. The van der Waals surface area contributed by atoms with Crippen molar-refractivity contribution in [1.29, 1.82) is 0 Å². The van der Waals surface area contributed by atoms with Crippen LogP contribution >= 0.6 is 0 Å². The van der Waals surface area contributed by atoms with E-state index in [2.05, 4.69) is 10.3 Å². The molecule has 0 saturated heterocycles. The van der Waals surface area contributed by atoms with Gasteiger partial charge in [-0.1, -0.05) is 6.07 Å². The monoisotopic (exact) mass is 349 g/mol. The number of carbonyl (C=O) groups excluding carboxylic acids is 1. The number of benzene rings is 2. The molecule has 0 atom stereocenters. The van der Waals surface area contributed by atoms with Crippen LogP contribution in [0.3, 0.4) is 0 Å². The standard InChI is InChI=1S/C20H16FN3O2/c21-16-4-5-19-15(11-16)10-14(6-9-26-19)20(25)23-17-2-1-3-18(12-17)24-8-7-22-13-24/h1-5,7-8,10-13H,6,9H2,(H,23,25). The van der Waals surface area contributed by atoms with E-state index in [-0.39, 0.29) is 11.7 Å². The third kappa shape index (κ3) is 3.35. The molecule has 0 bridgehead atoms. The Balaban J connectivity index is 1.57. The van der Waals surface area contributed by atoms with E-state index in [1.54, 1.807) is 24.7 Å². The van der Waals surface area contributed by atoms with Gasteiger partial charge in [-0.15, -0.1) is 0 Å². The Morgan fingerprint density at radius 2 is 2.15 bits per heavy atom. The first-order valence-electron chi connectivity index (χ1n) is 8.22. The molecule has 1 amide bonds. The molecule has 3 aromatic rings. The van der Waals surface area contributed by atoms with Gasteiger partial charge in [0.2, 0.25) is 0 Å². The summed E-state index contributed by atoms with van der Waals surface area (Å²) in [5, 5.41) is 2.90. The molecule has 26 heavy (non-hydrogen) atoms. The second kappa shape index (κ2) is 6.84. The third-order valence-corrected chi connectivity index (χ3v) is 4.13. The zero-order valence-corrected chi connectivity index (χ0v) is 13.9. The van der Waals surface area contributed by atoms with Crippen LogP contribution in [0.25, 0.3) is 11.8 Å². The first-order valence-corrected chi connectivity index (χ1v) is 8.22. The van der Waals surface area contributed by atoms with Crippen LogP contribution in [0, 0.1) is 5.82 Å².